The molecule has 6 heteroatoms. The SMILES string of the molecule is C[C@H]1[C@@H](F)CN(C(=O)C23CC(C2)C3)[C@H]1Cc1cccc(-c2cc(F)ccc2F)c1F. The largest absolute Gasteiger partial charge is 0.336 e. The molecule has 0 unspecified atom stereocenters. The number of nitrogens with zero attached hydrogens (tertiary/aromatic N) is 1. The van der Waals surface area contributed by atoms with Gasteiger partial charge < -0.3 is 4.90 Å². The van der Waals surface area contributed by atoms with Gasteiger partial charge in [0.15, 0.2) is 0 Å². The van der Waals surface area contributed by atoms with E-state index >= 15 is 4.39 Å². The van der Waals surface area contributed by atoms with Crippen LogP contribution in [0.25, 0.3) is 11.1 Å². The molecule has 2 nitrogen and oxygen atoms in total. The molecule has 3 aliphatic carbocycles. The lowest BCUT2D eigenvalue weighted by molar-refractivity contribution is -0.178. The number of amides is 1. The maximum Gasteiger partial charge on any atom is 0.229 e. The average molecular weight is 417 g/mol. The van der Waals surface area contributed by atoms with Gasteiger partial charge in [0.2, 0.25) is 5.91 Å². The number of hydrogen-bond donors (Lipinski definition) is 0. The summed E-state index contributed by atoms with van der Waals surface area (Å²) in [7, 11) is 0. The Kier molecular flexibility index (Phi) is 4.46. The molecular weight excluding hydrogens is 394 g/mol. The first-order valence-corrected chi connectivity index (χ1v) is 10.5. The molecule has 2 aromatic carbocycles. The van der Waals surface area contributed by atoms with Gasteiger partial charge in [-0.2, -0.15) is 0 Å². The molecule has 0 radical (unpaired) electrons. The van der Waals surface area contributed by atoms with Crippen LogP contribution in [0.5, 0.6) is 0 Å². The van der Waals surface area contributed by atoms with Crippen molar-refractivity contribution in [2.45, 2.75) is 44.8 Å². The lowest BCUT2D eigenvalue weighted by atomic mass is 9.44. The second-order valence-corrected chi connectivity index (χ2v) is 9.27. The van der Waals surface area contributed by atoms with Crippen LogP contribution in [-0.4, -0.2) is 29.6 Å². The Balaban J connectivity index is 1.45. The molecule has 1 saturated heterocycles. The van der Waals surface area contributed by atoms with Crippen LogP contribution in [0.2, 0.25) is 0 Å². The fourth-order valence-corrected chi connectivity index (χ4v) is 5.46. The topological polar surface area (TPSA) is 20.3 Å². The first kappa shape index (κ1) is 19.6. The lowest BCUT2D eigenvalue weighted by Gasteiger charge is -2.61. The Bertz CT molecular complexity index is 1010. The smallest absolute Gasteiger partial charge is 0.229 e. The van der Waals surface area contributed by atoms with Crippen molar-refractivity contribution in [3.63, 3.8) is 0 Å². The van der Waals surface area contributed by atoms with Gasteiger partial charge in [-0.1, -0.05) is 25.1 Å². The molecule has 0 aromatic heterocycles. The quantitative estimate of drug-likeness (QED) is 0.619. The second-order valence-electron chi connectivity index (χ2n) is 9.27. The van der Waals surface area contributed by atoms with Crippen molar-refractivity contribution in [1.82, 2.24) is 4.90 Å². The first-order chi connectivity index (χ1) is 14.3. The number of halogens is 4. The number of alkyl halides is 1. The highest BCUT2D eigenvalue weighted by molar-refractivity contribution is 5.86. The molecule has 4 aliphatic rings. The van der Waals surface area contributed by atoms with Gasteiger partial charge in [-0.3, -0.25) is 4.79 Å². The van der Waals surface area contributed by atoms with Gasteiger partial charge in [-0.25, -0.2) is 17.6 Å². The van der Waals surface area contributed by atoms with E-state index in [0.717, 1.165) is 37.5 Å². The summed E-state index contributed by atoms with van der Waals surface area (Å²) >= 11 is 0. The molecule has 2 bridgehead atoms. The van der Waals surface area contributed by atoms with Crippen LogP contribution in [0, 0.1) is 34.7 Å². The van der Waals surface area contributed by atoms with E-state index in [1.807, 2.05) is 0 Å². The summed E-state index contributed by atoms with van der Waals surface area (Å²) in [6.07, 6.45) is 1.62. The van der Waals surface area contributed by atoms with Gasteiger partial charge >= 0.3 is 0 Å². The van der Waals surface area contributed by atoms with Gasteiger partial charge in [0.1, 0.15) is 23.6 Å². The van der Waals surface area contributed by atoms with Gasteiger partial charge in [-0.05, 0) is 55.4 Å². The zero-order valence-corrected chi connectivity index (χ0v) is 16.7. The van der Waals surface area contributed by atoms with Crippen LogP contribution < -0.4 is 0 Å². The summed E-state index contributed by atoms with van der Waals surface area (Å²) in [4.78, 5) is 14.7. The van der Waals surface area contributed by atoms with E-state index in [1.54, 1.807) is 24.0 Å². The highest BCUT2D eigenvalue weighted by Crippen LogP contribution is 2.65. The maximum atomic E-state index is 15.3. The summed E-state index contributed by atoms with van der Waals surface area (Å²) in [6, 6.07) is 7.01. The fourth-order valence-electron chi connectivity index (χ4n) is 5.46. The van der Waals surface area contributed by atoms with E-state index < -0.39 is 35.6 Å². The lowest BCUT2D eigenvalue weighted by Crippen LogP contribution is -2.62. The predicted octanol–water partition coefficient (Wildman–Crippen LogP) is 5.30. The summed E-state index contributed by atoms with van der Waals surface area (Å²) < 4.78 is 57.7. The summed E-state index contributed by atoms with van der Waals surface area (Å²) in [5.41, 5.74) is -0.238. The maximum absolute atomic E-state index is 15.3. The normalized spacial score (nSPS) is 32.0. The van der Waals surface area contributed by atoms with E-state index in [0.29, 0.717) is 5.92 Å². The Morgan fingerprint density at radius 3 is 2.50 bits per heavy atom. The van der Waals surface area contributed by atoms with Crippen LogP contribution >= 0.6 is 0 Å². The summed E-state index contributed by atoms with van der Waals surface area (Å²) in [5.74, 6) is -1.83. The molecule has 1 aliphatic heterocycles. The Labute approximate surface area is 172 Å². The molecule has 0 N–H and O–H groups in total. The van der Waals surface area contributed by atoms with Crippen molar-refractivity contribution in [2.24, 2.45) is 17.3 Å². The molecule has 1 heterocycles. The van der Waals surface area contributed by atoms with Crippen LogP contribution in [0.3, 0.4) is 0 Å². The molecule has 6 rings (SSSR count). The first-order valence-electron chi connectivity index (χ1n) is 10.5. The van der Waals surface area contributed by atoms with Crippen molar-refractivity contribution in [3.8, 4) is 11.1 Å². The molecule has 1 amide bonds. The molecule has 3 atom stereocenters. The van der Waals surface area contributed by atoms with Gasteiger partial charge in [0.25, 0.3) is 0 Å². The average Bonchev–Trinajstić information content (AvgIpc) is 2.91. The number of benzene rings is 2. The van der Waals surface area contributed by atoms with E-state index in [2.05, 4.69) is 0 Å². The summed E-state index contributed by atoms with van der Waals surface area (Å²) in [6.45, 7) is 1.79. The van der Waals surface area contributed by atoms with E-state index in [1.165, 1.54) is 6.07 Å². The predicted molar refractivity (Wildman–Crippen MR) is 105 cm³/mol. The summed E-state index contributed by atoms with van der Waals surface area (Å²) in [5, 5.41) is 0. The standard InChI is InChI=1S/C24H23F4NO/c1-13-20(27)12-29(23(30)24-9-14(10-24)11-24)21(13)7-15-3-2-4-17(22(15)28)18-8-16(25)5-6-19(18)26/h2-6,8,13-14,20-21H,7,9-12H2,1H3/t13-,14?,20-,21-,24?/m0/s1. The monoisotopic (exact) mass is 417 g/mol. The molecule has 158 valence electrons. The number of carbonyl (C=O) groups is 1. The zero-order chi connectivity index (χ0) is 21.2. The van der Waals surface area contributed by atoms with Gasteiger partial charge in [0.05, 0.1) is 12.0 Å². The molecule has 0 spiro atoms. The number of hydrogen-bond acceptors (Lipinski definition) is 1. The zero-order valence-electron chi connectivity index (χ0n) is 16.7. The van der Waals surface area contributed by atoms with Crippen molar-refractivity contribution < 1.29 is 22.4 Å². The third-order valence-electron chi connectivity index (χ3n) is 7.43. The van der Waals surface area contributed by atoms with Gasteiger partial charge in [-0.15, -0.1) is 0 Å². The molecular formula is C24H23F4NO. The second kappa shape index (κ2) is 6.82. The molecule has 2 aromatic rings. The highest BCUT2D eigenvalue weighted by atomic mass is 19.1. The van der Waals surface area contributed by atoms with Crippen LogP contribution in [0.15, 0.2) is 36.4 Å². The molecule has 30 heavy (non-hydrogen) atoms. The molecule has 4 fully saturated rings. The third kappa shape index (κ3) is 2.87. The van der Waals surface area contributed by atoms with Crippen LogP contribution in [0.1, 0.15) is 31.7 Å². The molecule has 3 saturated carbocycles. The van der Waals surface area contributed by atoms with E-state index in [4.69, 9.17) is 0 Å². The highest BCUT2D eigenvalue weighted by Gasteiger charge is 2.63. The Morgan fingerprint density at radius 1 is 1.10 bits per heavy atom. The van der Waals surface area contributed by atoms with Crippen LogP contribution in [-0.2, 0) is 11.2 Å². The third-order valence-corrected chi connectivity index (χ3v) is 7.43. The van der Waals surface area contributed by atoms with Crippen molar-refractivity contribution in [3.05, 3.63) is 59.4 Å². The Morgan fingerprint density at radius 2 is 1.83 bits per heavy atom. The minimum absolute atomic E-state index is 0.00487. The number of rotatable bonds is 4. The minimum Gasteiger partial charge on any atom is -0.336 e. The van der Waals surface area contributed by atoms with Crippen molar-refractivity contribution in [2.75, 3.05) is 6.54 Å². The van der Waals surface area contributed by atoms with Crippen molar-refractivity contribution in [1.29, 1.82) is 0 Å². The number of carbonyl (C=O) groups excluding carboxylic acids is 1. The van der Waals surface area contributed by atoms with Crippen molar-refractivity contribution >= 4 is 5.91 Å². The van der Waals surface area contributed by atoms with Gasteiger partial charge in [0, 0.05) is 23.1 Å². The number of likely N-dealkylation sites (tertiary alicyclic amines) is 1. The fraction of sp³-hybridized carbons (Fsp3) is 0.458. The minimum atomic E-state index is -1.15. The van der Waals surface area contributed by atoms with E-state index in [-0.39, 0.29) is 41.0 Å². The Hall–Kier alpha value is -2.37. The van der Waals surface area contributed by atoms with E-state index in [9.17, 15) is 18.0 Å². The van der Waals surface area contributed by atoms with Crippen LogP contribution in [0.4, 0.5) is 17.6 Å².